The van der Waals surface area contributed by atoms with E-state index in [9.17, 15) is 9.59 Å². The number of hydrogen-bond donors (Lipinski definition) is 2. The Labute approximate surface area is 219 Å². The number of alkyl carbamates (subject to hydrolysis) is 1. The predicted molar refractivity (Wildman–Crippen MR) is 140 cm³/mol. The van der Waals surface area contributed by atoms with Gasteiger partial charge in [-0.25, -0.2) is 14.7 Å². The van der Waals surface area contributed by atoms with Gasteiger partial charge in [-0.15, -0.1) is 0 Å². The Kier molecular flexibility index (Phi) is 8.91. The molecule has 37 heavy (non-hydrogen) atoms. The van der Waals surface area contributed by atoms with Crippen molar-refractivity contribution in [2.45, 2.75) is 83.8 Å². The van der Waals surface area contributed by atoms with E-state index in [4.69, 9.17) is 14.4 Å². The zero-order valence-electron chi connectivity index (χ0n) is 22.4. The van der Waals surface area contributed by atoms with Crippen LogP contribution in [0.4, 0.5) is 9.59 Å². The van der Waals surface area contributed by atoms with Gasteiger partial charge in [0.05, 0.1) is 18.3 Å². The van der Waals surface area contributed by atoms with Gasteiger partial charge in [-0.1, -0.05) is 42.4 Å². The highest BCUT2D eigenvalue weighted by molar-refractivity contribution is 5.94. The SMILES string of the molecule is CC(CCCNC(=O)OC(C)(C)C)C1CC([C@H](CC2CN2)N2CCN(OCc3ccccc3)C2=O)=NO1. The first-order chi connectivity index (χ1) is 17.7. The average molecular weight is 516 g/mol. The summed E-state index contributed by atoms with van der Waals surface area (Å²) in [4.78, 5) is 38.6. The summed E-state index contributed by atoms with van der Waals surface area (Å²) in [5.74, 6) is 0.265. The van der Waals surface area contributed by atoms with Crippen molar-refractivity contribution in [2.24, 2.45) is 11.1 Å². The van der Waals surface area contributed by atoms with Gasteiger partial charge in [0.1, 0.15) is 18.3 Å². The third kappa shape index (κ3) is 8.07. The molecule has 10 nitrogen and oxygen atoms in total. The zero-order valence-corrected chi connectivity index (χ0v) is 22.4. The Bertz CT molecular complexity index is 946. The van der Waals surface area contributed by atoms with Crippen LogP contribution in [-0.2, 0) is 21.0 Å². The Balaban J connectivity index is 1.25. The number of oxime groups is 1. The number of carbonyl (C=O) groups is 2. The van der Waals surface area contributed by atoms with E-state index in [0.717, 1.165) is 37.1 Å². The second kappa shape index (κ2) is 12.1. The molecular formula is C27H41N5O5. The third-order valence-corrected chi connectivity index (χ3v) is 6.85. The van der Waals surface area contributed by atoms with Crippen molar-refractivity contribution in [3.8, 4) is 0 Å². The molecule has 204 valence electrons. The van der Waals surface area contributed by atoms with Crippen molar-refractivity contribution in [2.75, 3.05) is 26.2 Å². The van der Waals surface area contributed by atoms with Crippen molar-refractivity contribution in [1.29, 1.82) is 0 Å². The molecule has 2 saturated heterocycles. The maximum absolute atomic E-state index is 13.2. The van der Waals surface area contributed by atoms with E-state index in [1.807, 2.05) is 56.0 Å². The van der Waals surface area contributed by atoms with E-state index >= 15 is 0 Å². The van der Waals surface area contributed by atoms with E-state index in [2.05, 4.69) is 22.7 Å². The summed E-state index contributed by atoms with van der Waals surface area (Å²) in [6.45, 7) is 10.7. The van der Waals surface area contributed by atoms with Crippen LogP contribution in [0.1, 0.15) is 58.9 Å². The summed E-state index contributed by atoms with van der Waals surface area (Å²) >= 11 is 0. The van der Waals surface area contributed by atoms with Gasteiger partial charge in [-0.2, -0.15) is 0 Å². The molecule has 2 N–H and O–H groups in total. The number of nitrogens with zero attached hydrogens (tertiary/aromatic N) is 3. The van der Waals surface area contributed by atoms with Crippen LogP contribution in [0.15, 0.2) is 35.5 Å². The minimum Gasteiger partial charge on any atom is -0.444 e. The fourth-order valence-corrected chi connectivity index (χ4v) is 4.66. The number of carbonyl (C=O) groups excluding carboxylic acids is 2. The normalized spacial score (nSPS) is 22.9. The summed E-state index contributed by atoms with van der Waals surface area (Å²) in [7, 11) is 0. The standard InChI is InChI=1S/C27H41N5O5/c1-19(9-8-12-28-25(33)36-27(2,3)4)24-16-22(30-37-24)23(15-21-17-29-21)31-13-14-32(26(31)34)35-18-20-10-6-5-7-11-20/h5-7,10-11,19,21,23-24,29H,8-9,12-18H2,1-4H3,(H,28,33)/t19?,21?,23-,24?/m0/s1. The second-order valence-corrected chi connectivity index (χ2v) is 11.2. The molecule has 1 aromatic carbocycles. The maximum atomic E-state index is 13.2. The monoisotopic (exact) mass is 515 g/mol. The lowest BCUT2D eigenvalue weighted by Crippen LogP contribution is -2.45. The zero-order chi connectivity index (χ0) is 26.4. The summed E-state index contributed by atoms with van der Waals surface area (Å²) in [6, 6.07) is 10.0. The highest BCUT2D eigenvalue weighted by atomic mass is 16.7. The number of benzene rings is 1. The highest BCUT2D eigenvalue weighted by Crippen LogP contribution is 2.29. The molecule has 0 aromatic heterocycles. The molecule has 3 amide bonds. The highest BCUT2D eigenvalue weighted by Gasteiger charge is 2.42. The second-order valence-electron chi connectivity index (χ2n) is 11.2. The maximum Gasteiger partial charge on any atom is 0.407 e. The van der Waals surface area contributed by atoms with Crippen molar-refractivity contribution >= 4 is 17.8 Å². The lowest BCUT2D eigenvalue weighted by atomic mass is 9.92. The quantitative estimate of drug-likeness (QED) is 0.324. The van der Waals surface area contributed by atoms with Crippen LogP contribution < -0.4 is 10.6 Å². The molecule has 0 bridgehead atoms. The van der Waals surface area contributed by atoms with Crippen LogP contribution in [0.5, 0.6) is 0 Å². The van der Waals surface area contributed by atoms with Gasteiger partial charge in [-0.3, -0.25) is 4.84 Å². The number of ether oxygens (including phenoxy) is 1. The Morgan fingerprint density at radius 2 is 2.03 bits per heavy atom. The summed E-state index contributed by atoms with van der Waals surface area (Å²) in [6.07, 6.45) is 2.81. The topological polar surface area (TPSA) is 115 Å². The van der Waals surface area contributed by atoms with E-state index in [0.29, 0.717) is 38.7 Å². The first kappa shape index (κ1) is 27.2. The molecule has 3 aliphatic rings. The van der Waals surface area contributed by atoms with Gasteiger partial charge in [0.25, 0.3) is 0 Å². The largest absolute Gasteiger partial charge is 0.444 e. The molecule has 4 atom stereocenters. The van der Waals surface area contributed by atoms with Crippen LogP contribution in [0.2, 0.25) is 0 Å². The molecule has 3 unspecified atom stereocenters. The van der Waals surface area contributed by atoms with Gasteiger partial charge in [0, 0.05) is 32.1 Å². The lowest BCUT2D eigenvalue weighted by molar-refractivity contribution is -0.116. The molecule has 2 fully saturated rings. The number of hydrogen-bond acceptors (Lipinski definition) is 7. The van der Waals surface area contributed by atoms with E-state index in [-0.39, 0.29) is 24.1 Å². The number of urea groups is 1. The minimum atomic E-state index is -0.503. The molecule has 3 heterocycles. The minimum absolute atomic E-state index is 0.0330. The first-order valence-electron chi connectivity index (χ1n) is 13.4. The van der Waals surface area contributed by atoms with Gasteiger partial charge in [0.2, 0.25) is 0 Å². The molecule has 0 saturated carbocycles. The lowest BCUT2D eigenvalue weighted by Gasteiger charge is -2.27. The van der Waals surface area contributed by atoms with Gasteiger partial charge in [0.15, 0.2) is 0 Å². The number of nitrogens with one attached hydrogen (secondary N) is 2. The number of rotatable bonds is 12. The Morgan fingerprint density at radius 3 is 2.73 bits per heavy atom. The van der Waals surface area contributed by atoms with Crippen LogP contribution in [0.25, 0.3) is 0 Å². The summed E-state index contributed by atoms with van der Waals surface area (Å²) < 4.78 is 5.28. The van der Waals surface area contributed by atoms with Crippen molar-refractivity contribution in [3.05, 3.63) is 35.9 Å². The molecule has 0 aliphatic carbocycles. The summed E-state index contributed by atoms with van der Waals surface area (Å²) in [5.41, 5.74) is 1.45. The van der Waals surface area contributed by atoms with Crippen LogP contribution in [0, 0.1) is 5.92 Å². The van der Waals surface area contributed by atoms with Crippen LogP contribution in [0.3, 0.4) is 0 Å². The van der Waals surface area contributed by atoms with Gasteiger partial charge >= 0.3 is 12.1 Å². The van der Waals surface area contributed by atoms with Gasteiger partial charge < -0.3 is 25.1 Å². The number of amides is 3. The third-order valence-electron chi connectivity index (χ3n) is 6.85. The van der Waals surface area contributed by atoms with E-state index in [1.165, 1.54) is 5.06 Å². The molecule has 1 aromatic rings. The smallest absolute Gasteiger partial charge is 0.407 e. The van der Waals surface area contributed by atoms with E-state index < -0.39 is 11.7 Å². The molecule has 0 spiro atoms. The van der Waals surface area contributed by atoms with Crippen molar-refractivity contribution in [1.82, 2.24) is 20.6 Å². The number of hydroxylamine groups is 2. The molecule has 10 heteroatoms. The first-order valence-corrected chi connectivity index (χ1v) is 13.4. The predicted octanol–water partition coefficient (Wildman–Crippen LogP) is 3.67. The van der Waals surface area contributed by atoms with Crippen molar-refractivity contribution in [3.63, 3.8) is 0 Å². The molecular weight excluding hydrogens is 474 g/mol. The fraction of sp³-hybridized carbons (Fsp3) is 0.667. The summed E-state index contributed by atoms with van der Waals surface area (Å²) in [5, 5.41) is 12.1. The van der Waals surface area contributed by atoms with Crippen LogP contribution in [-0.4, -0.2) is 77.8 Å². The van der Waals surface area contributed by atoms with E-state index in [1.54, 1.807) is 0 Å². The molecule has 4 rings (SSSR count). The van der Waals surface area contributed by atoms with Crippen LogP contribution >= 0.6 is 0 Å². The fourth-order valence-electron chi connectivity index (χ4n) is 4.66. The Morgan fingerprint density at radius 1 is 1.27 bits per heavy atom. The van der Waals surface area contributed by atoms with Crippen molar-refractivity contribution < 1.29 is 24.0 Å². The van der Waals surface area contributed by atoms with Gasteiger partial charge in [-0.05, 0) is 51.5 Å². The average Bonchev–Trinajstić information content (AvgIpc) is 3.40. The molecule has 0 radical (unpaired) electrons. The molecule has 3 aliphatic heterocycles. The Hall–Kier alpha value is -2.85.